The Morgan fingerprint density at radius 1 is 1.19 bits per heavy atom. The number of nitrogens with one attached hydrogen (secondary N) is 1. The maximum Gasteiger partial charge on any atom is 0.222 e. The summed E-state index contributed by atoms with van der Waals surface area (Å²) in [6.07, 6.45) is 0. The van der Waals surface area contributed by atoms with Gasteiger partial charge in [0.25, 0.3) is 0 Å². The first-order valence-electron chi connectivity index (χ1n) is 4.81. The van der Waals surface area contributed by atoms with Crippen LogP contribution in [0.3, 0.4) is 0 Å². The van der Waals surface area contributed by atoms with E-state index < -0.39 is 0 Å². The number of hydrogen-bond acceptors (Lipinski definition) is 5. The van der Waals surface area contributed by atoms with Gasteiger partial charge >= 0.3 is 0 Å². The van der Waals surface area contributed by atoms with Crippen molar-refractivity contribution in [3.63, 3.8) is 0 Å². The lowest BCUT2D eigenvalue weighted by molar-refractivity contribution is 0.475. The quantitative estimate of drug-likeness (QED) is 0.708. The zero-order valence-electron chi connectivity index (χ0n) is 8.81. The van der Waals surface area contributed by atoms with Crippen molar-refractivity contribution in [2.24, 2.45) is 0 Å². The van der Waals surface area contributed by atoms with Gasteiger partial charge in [-0.25, -0.2) is 4.98 Å². The van der Waals surface area contributed by atoms with Crippen molar-refractivity contribution in [2.45, 2.75) is 0 Å². The van der Waals surface area contributed by atoms with Crippen LogP contribution in [0, 0.1) is 0 Å². The van der Waals surface area contributed by atoms with Crippen LogP contribution in [0.15, 0.2) is 30.3 Å². The van der Waals surface area contributed by atoms with Crippen LogP contribution in [0.1, 0.15) is 0 Å². The molecule has 0 saturated heterocycles. The van der Waals surface area contributed by atoms with E-state index in [1.54, 1.807) is 37.4 Å². The maximum absolute atomic E-state index is 9.19. The average Bonchev–Trinajstić information content (AvgIpc) is 2.29. The molecule has 0 aliphatic carbocycles. The largest absolute Gasteiger partial charge is 0.508 e. The summed E-state index contributed by atoms with van der Waals surface area (Å²) in [5.41, 5.74) is 7.19. The van der Waals surface area contributed by atoms with E-state index in [4.69, 9.17) is 5.73 Å². The minimum atomic E-state index is 0.218. The van der Waals surface area contributed by atoms with E-state index in [1.807, 2.05) is 0 Å². The molecule has 2 aromatic rings. The number of nitrogen functional groups attached to an aromatic ring is 1. The summed E-state index contributed by atoms with van der Waals surface area (Å²) in [5, 5.41) is 12.1. The molecule has 1 heterocycles. The molecule has 2 rings (SSSR count). The highest BCUT2D eigenvalue weighted by Crippen LogP contribution is 2.22. The van der Waals surface area contributed by atoms with E-state index in [0.717, 1.165) is 11.3 Å². The number of hydrogen-bond donors (Lipinski definition) is 3. The predicted octanol–water partition coefficient (Wildman–Crippen LogP) is 1.47. The van der Waals surface area contributed by atoms with Crippen LogP contribution < -0.4 is 11.1 Å². The number of aromatic nitrogens is 2. The molecular formula is C11H12N4O. The van der Waals surface area contributed by atoms with Gasteiger partial charge in [0.2, 0.25) is 5.95 Å². The van der Waals surface area contributed by atoms with E-state index in [0.29, 0.717) is 5.82 Å². The van der Waals surface area contributed by atoms with Crippen molar-refractivity contribution >= 4 is 11.8 Å². The van der Waals surface area contributed by atoms with Crippen LogP contribution in [0.5, 0.6) is 5.75 Å². The van der Waals surface area contributed by atoms with E-state index >= 15 is 0 Å². The zero-order valence-corrected chi connectivity index (χ0v) is 8.81. The second-order valence-electron chi connectivity index (χ2n) is 3.29. The SMILES string of the molecule is CNc1cc(-c2ccc(O)cc2)nc(N)n1. The Morgan fingerprint density at radius 2 is 1.88 bits per heavy atom. The molecule has 0 aliphatic rings. The minimum Gasteiger partial charge on any atom is -0.508 e. The van der Waals surface area contributed by atoms with Crippen LogP contribution in [0.25, 0.3) is 11.3 Å². The molecule has 0 radical (unpaired) electrons. The first-order chi connectivity index (χ1) is 7.69. The van der Waals surface area contributed by atoms with Crippen molar-refractivity contribution in [3.8, 4) is 17.0 Å². The lowest BCUT2D eigenvalue weighted by Crippen LogP contribution is -2.00. The van der Waals surface area contributed by atoms with E-state index in [9.17, 15) is 5.11 Å². The molecule has 0 spiro atoms. The van der Waals surface area contributed by atoms with Crippen molar-refractivity contribution < 1.29 is 5.11 Å². The molecule has 0 atom stereocenters. The third kappa shape index (κ3) is 2.03. The topological polar surface area (TPSA) is 84.1 Å². The third-order valence-electron chi connectivity index (χ3n) is 2.16. The second-order valence-corrected chi connectivity index (χ2v) is 3.29. The van der Waals surface area contributed by atoms with Crippen LogP contribution in [-0.4, -0.2) is 22.1 Å². The molecule has 0 bridgehead atoms. The van der Waals surface area contributed by atoms with Gasteiger partial charge in [-0.1, -0.05) is 0 Å². The molecule has 0 amide bonds. The Hall–Kier alpha value is -2.30. The third-order valence-corrected chi connectivity index (χ3v) is 2.16. The number of nitrogens with two attached hydrogens (primary N) is 1. The van der Waals surface area contributed by atoms with Gasteiger partial charge in [0, 0.05) is 18.7 Å². The first kappa shape index (κ1) is 10.2. The number of phenolic OH excluding ortho intramolecular Hbond substituents is 1. The number of phenols is 1. The fraction of sp³-hybridized carbons (Fsp3) is 0.0909. The van der Waals surface area contributed by atoms with E-state index in [1.165, 1.54) is 0 Å². The van der Waals surface area contributed by atoms with Crippen molar-refractivity contribution in [1.29, 1.82) is 0 Å². The lowest BCUT2D eigenvalue weighted by Gasteiger charge is -2.05. The number of nitrogens with zero attached hydrogens (tertiary/aromatic N) is 2. The number of aromatic hydroxyl groups is 1. The molecular weight excluding hydrogens is 204 g/mol. The number of rotatable bonds is 2. The molecule has 0 fully saturated rings. The summed E-state index contributed by atoms with van der Waals surface area (Å²) in [7, 11) is 1.77. The Morgan fingerprint density at radius 3 is 2.50 bits per heavy atom. The summed E-state index contributed by atoms with van der Waals surface area (Å²) in [5.74, 6) is 1.10. The normalized spacial score (nSPS) is 10.1. The lowest BCUT2D eigenvalue weighted by atomic mass is 10.1. The Labute approximate surface area is 93.0 Å². The molecule has 82 valence electrons. The Kier molecular flexibility index (Phi) is 2.59. The molecule has 16 heavy (non-hydrogen) atoms. The maximum atomic E-state index is 9.19. The van der Waals surface area contributed by atoms with E-state index in [2.05, 4.69) is 15.3 Å². The first-order valence-corrected chi connectivity index (χ1v) is 4.81. The summed E-state index contributed by atoms with van der Waals surface area (Å²) < 4.78 is 0. The smallest absolute Gasteiger partial charge is 0.222 e. The van der Waals surface area contributed by atoms with Gasteiger partial charge in [0.15, 0.2) is 0 Å². The molecule has 1 aromatic carbocycles. The van der Waals surface area contributed by atoms with Crippen LogP contribution >= 0.6 is 0 Å². The van der Waals surface area contributed by atoms with Gasteiger partial charge in [0.05, 0.1) is 5.69 Å². The molecule has 0 aliphatic heterocycles. The van der Waals surface area contributed by atoms with Crippen LogP contribution in [-0.2, 0) is 0 Å². The zero-order chi connectivity index (χ0) is 11.5. The van der Waals surface area contributed by atoms with Crippen LogP contribution in [0.4, 0.5) is 11.8 Å². The molecule has 5 nitrogen and oxygen atoms in total. The van der Waals surface area contributed by atoms with Crippen molar-refractivity contribution in [3.05, 3.63) is 30.3 Å². The summed E-state index contributed by atoms with van der Waals surface area (Å²) in [6.45, 7) is 0. The molecule has 1 aromatic heterocycles. The Bertz CT molecular complexity index is 496. The fourth-order valence-electron chi connectivity index (χ4n) is 1.37. The Balaban J connectivity index is 2.47. The molecule has 0 saturated carbocycles. The van der Waals surface area contributed by atoms with Crippen LogP contribution in [0.2, 0.25) is 0 Å². The standard InChI is InChI=1S/C11H12N4O/c1-13-10-6-9(14-11(12)15-10)7-2-4-8(16)5-3-7/h2-6,16H,1H3,(H3,12,13,14,15). The van der Waals surface area contributed by atoms with Gasteiger partial charge in [0.1, 0.15) is 11.6 Å². The highest BCUT2D eigenvalue weighted by Gasteiger charge is 2.03. The molecule has 4 N–H and O–H groups in total. The van der Waals surface area contributed by atoms with Crippen molar-refractivity contribution in [2.75, 3.05) is 18.1 Å². The highest BCUT2D eigenvalue weighted by molar-refractivity contribution is 5.64. The van der Waals surface area contributed by atoms with Gasteiger partial charge in [-0.15, -0.1) is 0 Å². The monoisotopic (exact) mass is 216 g/mol. The van der Waals surface area contributed by atoms with Crippen molar-refractivity contribution in [1.82, 2.24) is 9.97 Å². The van der Waals surface area contributed by atoms with Gasteiger partial charge in [-0.05, 0) is 24.3 Å². The number of anilines is 2. The van der Waals surface area contributed by atoms with Gasteiger partial charge < -0.3 is 16.2 Å². The fourth-order valence-corrected chi connectivity index (χ4v) is 1.37. The van der Waals surface area contributed by atoms with E-state index in [-0.39, 0.29) is 11.7 Å². The number of benzene rings is 1. The average molecular weight is 216 g/mol. The molecule has 5 heteroatoms. The second kappa shape index (κ2) is 4.06. The minimum absolute atomic E-state index is 0.218. The molecule has 0 unspecified atom stereocenters. The summed E-state index contributed by atoms with van der Waals surface area (Å²) >= 11 is 0. The highest BCUT2D eigenvalue weighted by atomic mass is 16.3. The summed E-state index contributed by atoms with van der Waals surface area (Å²) in [4.78, 5) is 8.13. The summed E-state index contributed by atoms with van der Waals surface area (Å²) in [6, 6.07) is 8.55. The van der Waals surface area contributed by atoms with Gasteiger partial charge in [-0.3, -0.25) is 0 Å². The van der Waals surface area contributed by atoms with Gasteiger partial charge in [-0.2, -0.15) is 4.98 Å². The predicted molar refractivity (Wildman–Crippen MR) is 63.1 cm³/mol.